The number of rotatable bonds is 12. The number of nitrogens with zero attached hydrogens (tertiary/aromatic N) is 3. The van der Waals surface area contributed by atoms with Crippen molar-refractivity contribution in [2.75, 3.05) is 13.2 Å². The summed E-state index contributed by atoms with van der Waals surface area (Å²) in [6.07, 6.45) is 7.92. The zero-order valence-electron chi connectivity index (χ0n) is 15.8. The summed E-state index contributed by atoms with van der Waals surface area (Å²) < 4.78 is 7.17. The van der Waals surface area contributed by atoms with Crippen LogP contribution in [0.25, 0.3) is 0 Å². The molecule has 138 valence electrons. The van der Waals surface area contributed by atoms with Crippen molar-refractivity contribution in [1.82, 2.24) is 20.3 Å². The van der Waals surface area contributed by atoms with E-state index in [9.17, 15) is 4.79 Å². The van der Waals surface area contributed by atoms with Crippen LogP contribution < -0.4 is 5.32 Å². The predicted octanol–water partition coefficient (Wildman–Crippen LogP) is 3.32. The highest BCUT2D eigenvalue weighted by molar-refractivity contribution is 5.75. The largest absolute Gasteiger partial charge is 0.380 e. The third-order valence-corrected chi connectivity index (χ3v) is 3.70. The minimum absolute atomic E-state index is 0.0894. The molecule has 0 bridgehead atoms. The normalized spacial score (nSPS) is 11.7. The number of carbonyl (C=O) groups is 1. The van der Waals surface area contributed by atoms with Crippen LogP contribution in [0.2, 0.25) is 0 Å². The molecule has 1 aromatic heterocycles. The number of ether oxygens (including phenoxy) is 1. The highest BCUT2D eigenvalue weighted by Gasteiger charge is 2.09. The average Bonchev–Trinajstić information content (AvgIpc) is 2.96. The average molecular weight is 338 g/mol. The van der Waals surface area contributed by atoms with Crippen molar-refractivity contribution in [2.45, 2.75) is 79.3 Å². The molecule has 0 unspecified atom stereocenters. The Morgan fingerprint density at radius 1 is 1.25 bits per heavy atom. The highest BCUT2D eigenvalue weighted by atomic mass is 16.5. The topological polar surface area (TPSA) is 69.0 Å². The van der Waals surface area contributed by atoms with Gasteiger partial charge in [-0.1, -0.05) is 45.7 Å². The zero-order valence-corrected chi connectivity index (χ0v) is 15.8. The fourth-order valence-corrected chi connectivity index (χ4v) is 2.33. The maximum Gasteiger partial charge on any atom is 0.220 e. The van der Waals surface area contributed by atoms with Crippen LogP contribution >= 0.6 is 0 Å². The van der Waals surface area contributed by atoms with Gasteiger partial charge in [0.15, 0.2) is 0 Å². The smallest absolute Gasteiger partial charge is 0.220 e. The molecule has 0 aromatic carbocycles. The molecule has 0 aliphatic heterocycles. The Morgan fingerprint density at radius 2 is 2.04 bits per heavy atom. The summed E-state index contributed by atoms with van der Waals surface area (Å²) in [5.41, 5.74) is 1.17. The van der Waals surface area contributed by atoms with Gasteiger partial charge in [0.2, 0.25) is 5.91 Å². The van der Waals surface area contributed by atoms with Crippen molar-refractivity contribution in [3.8, 4) is 0 Å². The lowest BCUT2D eigenvalue weighted by Gasteiger charge is -2.17. The second kappa shape index (κ2) is 11.2. The SMILES string of the molecule is CCCOCCn1cc(CNC(=O)CCCCCC(C)(C)C)nn1. The molecule has 0 atom stereocenters. The van der Waals surface area contributed by atoms with Crippen molar-refractivity contribution in [2.24, 2.45) is 5.41 Å². The molecule has 1 heterocycles. The highest BCUT2D eigenvalue weighted by Crippen LogP contribution is 2.22. The van der Waals surface area contributed by atoms with E-state index < -0.39 is 0 Å². The maximum atomic E-state index is 11.8. The van der Waals surface area contributed by atoms with E-state index in [4.69, 9.17) is 4.74 Å². The van der Waals surface area contributed by atoms with E-state index >= 15 is 0 Å². The van der Waals surface area contributed by atoms with Crippen molar-refractivity contribution >= 4 is 5.91 Å². The first-order valence-electron chi connectivity index (χ1n) is 9.14. The standard InChI is InChI=1S/C18H34N4O2/c1-5-12-24-13-11-22-15-16(20-21-22)14-19-17(23)9-7-6-8-10-18(2,3)4/h15H,5-14H2,1-4H3,(H,19,23). The summed E-state index contributed by atoms with van der Waals surface area (Å²) in [5.74, 6) is 0.0894. The van der Waals surface area contributed by atoms with Gasteiger partial charge in [0.25, 0.3) is 0 Å². The third kappa shape index (κ3) is 10.4. The fourth-order valence-electron chi connectivity index (χ4n) is 2.33. The second-order valence-electron chi connectivity index (χ2n) is 7.48. The van der Waals surface area contributed by atoms with E-state index in [-0.39, 0.29) is 5.91 Å². The molecule has 1 N–H and O–H groups in total. The number of aromatic nitrogens is 3. The molecule has 0 saturated heterocycles. The van der Waals surface area contributed by atoms with E-state index in [1.54, 1.807) is 4.68 Å². The number of carbonyl (C=O) groups excluding carboxylic acids is 1. The molecule has 0 aliphatic rings. The molecule has 0 saturated carbocycles. The van der Waals surface area contributed by atoms with E-state index in [0.29, 0.717) is 31.5 Å². The van der Waals surface area contributed by atoms with Crippen LogP contribution in [0.4, 0.5) is 0 Å². The van der Waals surface area contributed by atoms with Crippen molar-refractivity contribution < 1.29 is 9.53 Å². The maximum absolute atomic E-state index is 11.8. The van der Waals surface area contributed by atoms with Gasteiger partial charge in [-0.2, -0.15) is 0 Å². The van der Waals surface area contributed by atoms with Crippen LogP contribution in [-0.4, -0.2) is 34.1 Å². The molecule has 6 heteroatoms. The Bertz CT molecular complexity index is 466. The van der Waals surface area contributed by atoms with E-state index in [2.05, 4.69) is 43.3 Å². The Morgan fingerprint density at radius 3 is 2.75 bits per heavy atom. The molecule has 1 amide bonds. The van der Waals surface area contributed by atoms with Gasteiger partial charge in [0, 0.05) is 13.0 Å². The quantitative estimate of drug-likeness (QED) is 0.594. The lowest BCUT2D eigenvalue weighted by Crippen LogP contribution is -2.22. The van der Waals surface area contributed by atoms with Gasteiger partial charge < -0.3 is 10.1 Å². The number of amides is 1. The summed E-state index contributed by atoms with van der Waals surface area (Å²) in [6, 6.07) is 0. The second-order valence-corrected chi connectivity index (χ2v) is 7.48. The lowest BCUT2D eigenvalue weighted by atomic mass is 9.89. The molecular formula is C18H34N4O2. The lowest BCUT2D eigenvalue weighted by molar-refractivity contribution is -0.121. The molecule has 0 fully saturated rings. The Labute approximate surface area is 146 Å². The first-order valence-corrected chi connectivity index (χ1v) is 9.14. The Balaban J connectivity index is 2.10. The van der Waals surface area contributed by atoms with Gasteiger partial charge in [0.05, 0.1) is 25.9 Å². The molecule has 0 radical (unpaired) electrons. The van der Waals surface area contributed by atoms with Crippen LogP contribution in [0.3, 0.4) is 0 Å². The monoisotopic (exact) mass is 338 g/mol. The van der Waals surface area contributed by atoms with Gasteiger partial charge in [-0.05, 0) is 24.7 Å². The molecule has 24 heavy (non-hydrogen) atoms. The molecule has 0 spiro atoms. The van der Waals surface area contributed by atoms with Crippen molar-refractivity contribution in [3.63, 3.8) is 0 Å². The van der Waals surface area contributed by atoms with Crippen LogP contribution in [0.1, 0.15) is 71.9 Å². The van der Waals surface area contributed by atoms with Gasteiger partial charge in [-0.3, -0.25) is 4.79 Å². The molecule has 0 aliphatic carbocycles. The van der Waals surface area contributed by atoms with Gasteiger partial charge >= 0.3 is 0 Å². The van der Waals surface area contributed by atoms with Crippen LogP contribution in [0.5, 0.6) is 0 Å². The van der Waals surface area contributed by atoms with Crippen LogP contribution in [0.15, 0.2) is 6.20 Å². The molecule has 6 nitrogen and oxygen atoms in total. The number of nitrogens with one attached hydrogen (secondary N) is 1. The van der Waals surface area contributed by atoms with Crippen LogP contribution in [0, 0.1) is 5.41 Å². The van der Waals surface area contributed by atoms with E-state index in [1.165, 1.54) is 12.8 Å². The molecular weight excluding hydrogens is 304 g/mol. The minimum atomic E-state index is 0.0894. The fraction of sp³-hybridized carbons (Fsp3) is 0.833. The van der Waals surface area contributed by atoms with Gasteiger partial charge in [-0.25, -0.2) is 4.68 Å². The van der Waals surface area contributed by atoms with Crippen molar-refractivity contribution in [1.29, 1.82) is 0 Å². The van der Waals surface area contributed by atoms with Gasteiger partial charge in [-0.15, -0.1) is 5.10 Å². The predicted molar refractivity (Wildman–Crippen MR) is 95.5 cm³/mol. The van der Waals surface area contributed by atoms with Gasteiger partial charge in [0.1, 0.15) is 5.69 Å². The Kier molecular flexibility index (Phi) is 9.60. The summed E-state index contributed by atoms with van der Waals surface area (Å²) in [4.78, 5) is 11.8. The first kappa shape index (κ1) is 20.6. The number of unbranched alkanes of at least 4 members (excludes halogenated alkanes) is 2. The Hall–Kier alpha value is -1.43. The van der Waals surface area contributed by atoms with E-state index in [0.717, 1.165) is 31.6 Å². The third-order valence-electron chi connectivity index (χ3n) is 3.70. The van der Waals surface area contributed by atoms with E-state index in [1.807, 2.05) is 6.20 Å². The summed E-state index contributed by atoms with van der Waals surface area (Å²) >= 11 is 0. The summed E-state index contributed by atoms with van der Waals surface area (Å²) in [5, 5.41) is 11.0. The first-order chi connectivity index (χ1) is 11.4. The number of hydrogen-bond acceptors (Lipinski definition) is 4. The molecule has 1 rings (SSSR count). The van der Waals surface area contributed by atoms with Crippen molar-refractivity contribution in [3.05, 3.63) is 11.9 Å². The summed E-state index contributed by atoms with van der Waals surface area (Å²) in [6.45, 7) is 11.4. The summed E-state index contributed by atoms with van der Waals surface area (Å²) in [7, 11) is 0. The minimum Gasteiger partial charge on any atom is -0.380 e. The molecule has 1 aromatic rings. The number of hydrogen-bond donors (Lipinski definition) is 1. The zero-order chi connectivity index (χ0) is 17.8. The van der Waals surface area contributed by atoms with Crippen LogP contribution in [-0.2, 0) is 22.6 Å².